The highest BCUT2D eigenvalue weighted by atomic mass is 16.5. The molecular weight excluding hydrogens is 252 g/mol. The van der Waals surface area contributed by atoms with Gasteiger partial charge >= 0.3 is 0 Å². The molecule has 0 spiro atoms. The van der Waals surface area contributed by atoms with Crippen LogP contribution in [0.3, 0.4) is 0 Å². The number of ether oxygens (including phenoxy) is 1. The van der Waals surface area contributed by atoms with Gasteiger partial charge in [0.05, 0.1) is 12.8 Å². The van der Waals surface area contributed by atoms with Gasteiger partial charge in [-0.15, -0.1) is 0 Å². The Bertz CT molecular complexity index is 674. The third kappa shape index (κ3) is 2.22. The summed E-state index contributed by atoms with van der Waals surface area (Å²) in [6.45, 7) is 1.55. The van der Waals surface area contributed by atoms with Crippen LogP contribution in [0, 0.1) is 11.3 Å². The van der Waals surface area contributed by atoms with Crippen molar-refractivity contribution in [1.29, 1.82) is 5.26 Å². The Kier molecular flexibility index (Phi) is 3.32. The lowest BCUT2D eigenvalue weighted by Crippen LogP contribution is -2.26. The van der Waals surface area contributed by atoms with Crippen molar-refractivity contribution in [2.75, 3.05) is 13.7 Å². The number of fused-ring (bicyclic) bond motifs is 1. The van der Waals surface area contributed by atoms with E-state index in [4.69, 9.17) is 4.74 Å². The van der Waals surface area contributed by atoms with E-state index >= 15 is 0 Å². The van der Waals surface area contributed by atoms with Crippen LogP contribution in [-0.2, 0) is 13.0 Å². The minimum Gasteiger partial charge on any atom is -0.497 e. The molecule has 0 saturated heterocycles. The normalized spacial score (nSPS) is 13.4. The summed E-state index contributed by atoms with van der Waals surface area (Å²) >= 11 is 0. The van der Waals surface area contributed by atoms with Crippen LogP contribution >= 0.6 is 0 Å². The highest BCUT2D eigenvalue weighted by Crippen LogP contribution is 2.23. The maximum Gasteiger partial charge on any atom is 0.160 e. The van der Waals surface area contributed by atoms with Gasteiger partial charge in [0, 0.05) is 30.6 Å². The van der Waals surface area contributed by atoms with Crippen LogP contribution in [0.25, 0.3) is 11.4 Å². The molecule has 1 N–H and O–H groups in total. The van der Waals surface area contributed by atoms with Gasteiger partial charge in [0.25, 0.3) is 0 Å². The molecule has 3 rings (SSSR count). The summed E-state index contributed by atoms with van der Waals surface area (Å²) in [5.74, 6) is 1.39. The van der Waals surface area contributed by atoms with Crippen molar-refractivity contribution in [3.05, 3.63) is 41.2 Å². The quantitative estimate of drug-likeness (QED) is 0.895. The molecule has 20 heavy (non-hydrogen) atoms. The summed E-state index contributed by atoms with van der Waals surface area (Å²) in [7, 11) is 1.63. The first-order valence-electron chi connectivity index (χ1n) is 6.47. The Hall–Kier alpha value is -2.45. The van der Waals surface area contributed by atoms with Crippen LogP contribution in [0.5, 0.6) is 5.75 Å². The zero-order valence-corrected chi connectivity index (χ0v) is 11.2. The van der Waals surface area contributed by atoms with Gasteiger partial charge in [-0.05, 0) is 24.3 Å². The number of hydrogen-bond acceptors (Lipinski definition) is 5. The second-order valence-corrected chi connectivity index (χ2v) is 4.59. The molecule has 0 bridgehead atoms. The minimum absolute atomic E-state index is 0.466. The average Bonchev–Trinajstić information content (AvgIpc) is 2.54. The Balaban J connectivity index is 2.07. The molecule has 100 valence electrons. The highest BCUT2D eigenvalue weighted by Gasteiger charge is 2.17. The Morgan fingerprint density at radius 3 is 2.75 bits per heavy atom. The van der Waals surface area contributed by atoms with Crippen LogP contribution in [0.1, 0.15) is 17.0 Å². The summed E-state index contributed by atoms with van der Waals surface area (Å²) in [5, 5.41) is 12.5. The first-order chi connectivity index (χ1) is 9.81. The predicted molar refractivity (Wildman–Crippen MR) is 74.1 cm³/mol. The molecule has 0 atom stereocenters. The molecule has 0 aliphatic carbocycles. The number of nitriles is 1. The Labute approximate surface area is 117 Å². The van der Waals surface area contributed by atoms with E-state index in [0.717, 1.165) is 35.5 Å². The van der Waals surface area contributed by atoms with Gasteiger partial charge < -0.3 is 10.1 Å². The fraction of sp³-hybridized carbons (Fsp3) is 0.267. The lowest BCUT2D eigenvalue weighted by Gasteiger charge is -2.17. The second kappa shape index (κ2) is 5.27. The average molecular weight is 266 g/mol. The summed E-state index contributed by atoms with van der Waals surface area (Å²) in [4.78, 5) is 8.98. The molecule has 0 fully saturated rings. The molecule has 1 aromatic carbocycles. The SMILES string of the molecule is COc1ccc(-c2nc(C#N)c3c(n2)CCNC3)cc1. The number of benzene rings is 1. The molecule has 1 aliphatic rings. The summed E-state index contributed by atoms with van der Waals surface area (Å²) in [6.07, 6.45) is 0.829. The van der Waals surface area contributed by atoms with Crippen molar-refractivity contribution in [3.63, 3.8) is 0 Å². The van der Waals surface area contributed by atoms with Crippen molar-refractivity contribution >= 4 is 0 Å². The lowest BCUT2D eigenvalue weighted by atomic mass is 10.0. The van der Waals surface area contributed by atoms with E-state index in [0.29, 0.717) is 18.1 Å². The van der Waals surface area contributed by atoms with Gasteiger partial charge in [-0.25, -0.2) is 9.97 Å². The molecule has 1 aromatic heterocycles. The number of nitrogens with one attached hydrogen (secondary N) is 1. The zero-order valence-electron chi connectivity index (χ0n) is 11.2. The van der Waals surface area contributed by atoms with Crippen molar-refractivity contribution in [2.45, 2.75) is 13.0 Å². The van der Waals surface area contributed by atoms with Crippen LogP contribution in [0.4, 0.5) is 0 Å². The van der Waals surface area contributed by atoms with Crippen LogP contribution in [0.15, 0.2) is 24.3 Å². The summed E-state index contributed by atoms with van der Waals surface area (Å²) < 4.78 is 5.14. The zero-order chi connectivity index (χ0) is 13.9. The molecule has 0 unspecified atom stereocenters. The van der Waals surface area contributed by atoms with Gasteiger partial charge in [-0.2, -0.15) is 5.26 Å². The van der Waals surface area contributed by atoms with E-state index in [1.165, 1.54) is 0 Å². The standard InChI is InChI=1S/C15H14N4O/c1-20-11-4-2-10(3-5-11)15-18-13-6-7-17-9-12(13)14(8-16)19-15/h2-5,17H,6-7,9H2,1H3. The van der Waals surface area contributed by atoms with Crippen LogP contribution in [-0.4, -0.2) is 23.6 Å². The maximum absolute atomic E-state index is 9.26. The molecule has 0 radical (unpaired) electrons. The largest absolute Gasteiger partial charge is 0.497 e. The third-order valence-corrected chi connectivity index (χ3v) is 3.39. The van der Waals surface area contributed by atoms with Crippen molar-refractivity contribution in [3.8, 4) is 23.2 Å². The van der Waals surface area contributed by atoms with E-state index in [9.17, 15) is 5.26 Å². The Morgan fingerprint density at radius 2 is 2.05 bits per heavy atom. The Morgan fingerprint density at radius 1 is 1.25 bits per heavy atom. The number of aromatic nitrogens is 2. The van der Waals surface area contributed by atoms with Gasteiger partial charge in [0.15, 0.2) is 5.82 Å². The lowest BCUT2D eigenvalue weighted by molar-refractivity contribution is 0.415. The van der Waals surface area contributed by atoms with Gasteiger partial charge in [0.1, 0.15) is 17.5 Å². The molecule has 2 heterocycles. The minimum atomic E-state index is 0.466. The summed E-state index contributed by atoms with van der Waals surface area (Å²) in [5.41, 5.74) is 3.26. The second-order valence-electron chi connectivity index (χ2n) is 4.59. The molecule has 2 aromatic rings. The van der Waals surface area contributed by atoms with E-state index in [1.54, 1.807) is 7.11 Å². The molecule has 1 aliphatic heterocycles. The van der Waals surface area contributed by atoms with E-state index in [-0.39, 0.29) is 0 Å². The van der Waals surface area contributed by atoms with Crippen molar-refractivity contribution in [1.82, 2.24) is 15.3 Å². The molecule has 0 amide bonds. The number of nitrogens with zero attached hydrogens (tertiary/aromatic N) is 3. The van der Waals surface area contributed by atoms with Gasteiger partial charge in [-0.3, -0.25) is 0 Å². The number of methoxy groups -OCH3 is 1. The van der Waals surface area contributed by atoms with E-state index < -0.39 is 0 Å². The molecule has 0 saturated carbocycles. The molecular formula is C15H14N4O. The monoisotopic (exact) mass is 266 g/mol. The van der Waals surface area contributed by atoms with Crippen LogP contribution < -0.4 is 10.1 Å². The van der Waals surface area contributed by atoms with E-state index in [1.807, 2.05) is 24.3 Å². The fourth-order valence-electron chi connectivity index (χ4n) is 2.30. The van der Waals surface area contributed by atoms with Crippen LogP contribution in [0.2, 0.25) is 0 Å². The number of rotatable bonds is 2. The molecule has 5 heteroatoms. The predicted octanol–water partition coefficient (Wildman–Crippen LogP) is 1.67. The van der Waals surface area contributed by atoms with Crippen molar-refractivity contribution < 1.29 is 4.74 Å². The highest BCUT2D eigenvalue weighted by molar-refractivity contribution is 5.58. The smallest absolute Gasteiger partial charge is 0.160 e. The van der Waals surface area contributed by atoms with E-state index in [2.05, 4.69) is 21.4 Å². The van der Waals surface area contributed by atoms with Gasteiger partial charge in [-0.1, -0.05) is 0 Å². The topological polar surface area (TPSA) is 70.8 Å². The fourth-order valence-corrected chi connectivity index (χ4v) is 2.30. The maximum atomic E-state index is 9.26. The molecule has 5 nitrogen and oxygen atoms in total. The van der Waals surface area contributed by atoms with Crippen molar-refractivity contribution in [2.24, 2.45) is 0 Å². The third-order valence-electron chi connectivity index (χ3n) is 3.39. The first-order valence-corrected chi connectivity index (χ1v) is 6.47. The first kappa shape index (κ1) is 12.6. The number of hydrogen-bond donors (Lipinski definition) is 1. The summed E-state index contributed by atoms with van der Waals surface area (Å²) in [6, 6.07) is 9.72. The van der Waals surface area contributed by atoms with Gasteiger partial charge in [0.2, 0.25) is 0 Å².